The second-order valence-corrected chi connectivity index (χ2v) is 15.1. The smallest absolute Gasteiger partial charge is 0.220 e. The molecular weight excluding hydrogens is 458 g/mol. The third-order valence-electron chi connectivity index (χ3n) is 12.6. The number of hydrogen-bond donors (Lipinski definition) is 3. The van der Waals surface area contributed by atoms with Gasteiger partial charge in [0.2, 0.25) is 5.95 Å². The number of aliphatic hydroxyl groups excluding tert-OH is 1. The number of aliphatic hydroxyl groups is 2. The van der Waals surface area contributed by atoms with Crippen LogP contribution in [0.5, 0.6) is 0 Å². The van der Waals surface area contributed by atoms with Gasteiger partial charge < -0.3 is 15.9 Å². The zero-order valence-electron chi connectivity index (χ0n) is 24.6. The van der Waals surface area contributed by atoms with E-state index in [2.05, 4.69) is 59.5 Å². The molecule has 5 heteroatoms. The lowest BCUT2D eigenvalue weighted by Crippen LogP contribution is -2.66. The van der Waals surface area contributed by atoms with Crippen molar-refractivity contribution >= 4 is 5.95 Å². The molecule has 0 aliphatic heterocycles. The van der Waals surface area contributed by atoms with E-state index >= 15 is 0 Å². The van der Waals surface area contributed by atoms with Gasteiger partial charge in [0.25, 0.3) is 0 Å². The Bertz CT molecular complexity index is 1090. The van der Waals surface area contributed by atoms with Crippen LogP contribution in [-0.2, 0) is 11.8 Å². The van der Waals surface area contributed by atoms with Crippen molar-refractivity contribution < 1.29 is 10.2 Å². The molecule has 1 aromatic rings. The van der Waals surface area contributed by atoms with Gasteiger partial charge in [0.15, 0.2) is 0 Å². The summed E-state index contributed by atoms with van der Waals surface area (Å²) in [6, 6.07) is 0. The molecule has 206 valence electrons. The first kappa shape index (κ1) is 27.1. The lowest BCUT2D eigenvalue weighted by atomic mass is 9.35. The van der Waals surface area contributed by atoms with Crippen LogP contribution >= 0.6 is 0 Å². The molecule has 0 aromatic carbocycles. The van der Waals surface area contributed by atoms with E-state index in [4.69, 9.17) is 10.7 Å². The second-order valence-electron chi connectivity index (χ2n) is 15.1. The molecule has 9 atom stereocenters. The molecular formula is C32H51N3O2. The molecule has 0 amide bonds. The fourth-order valence-corrected chi connectivity index (χ4v) is 10.8. The maximum atomic E-state index is 11.9. The molecule has 1 aromatic heterocycles. The summed E-state index contributed by atoms with van der Waals surface area (Å²) >= 11 is 0. The Labute approximate surface area is 224 Å². The normalized spacial score (nSPS) is 43.6. The molecule has 4 aliphatic carbocycles. The van der Waals surface area contributed by atoms with Gasteiger partial charge in [-0.3, -0.25) is 0 Å². The van der Waals surface area contributed by atoms with Crippen molar-refractivity contribution in [3.05, 3.63) is 29.1 Å². The van der Waals surface area contributed by atoms with Crippen LogP contribution in [0.1, 0.15) is 112 Å². The highest BCUT2D eigenvalue weighted by molar-refractivity contribution is 5.37. The minimum Gasteiger partial charge on any atom is -0.393 e. The lowest BCUT2D eigenvalue weighted by Gasteiger charge is -2.70. The summed E-state index contributed by atoms with van der Waals surface area (Å²) < 4.78 is 0. The van der Waals surface area contributed by atoms with Crippen LogP contribution in [-0.4, -0.2) is 31.9 Å². The Balaban J connectivity index is 1.51. The van der Waals surface area contributed by atoms with Gasteiger partial charge in [-0.05, 0) is 118 Å². The van der Waals surface area contributed by atoms with Crippen LogP contribution in [0, 0.1) is 39.9 Å². The highest BCUT2D eigenvalue weighted by Gasteiger charge is 2.71. The highest BCUT2D eigenvalue weighted by atomic mass is 16.3. The first-order valence-corrected chi connectivity index (χ1v) is 14.7. The number of rotatable bonds is 4. The Hall–Kier alpha value is -1.46. The summed E-state index contributed by atoms with van der Waals surface area (Å²) in [5.74, 6) is 1.54. The number of aromatic nitrogens is 2. The maximum Gasteiger partial charge on any atom is 0.220 e. The minimum atomic E-state index is -0.761. The maximum absolute atomic E-state index is 11.9. The molecule has 3 fully saturated rings. The molecule has 5 rings (SSSR count). The molecule has 37 heavy (non-hydrogen) atoms. The van der Waals surface area contributed by atoms with Crippen molar-refractivity contribution in [1.29, 1.82) is 0 Å². The summed E-state index contributed by atoms with van der Waals surface area (Å²) in [5, 5.41) is 23.7. The van der Waals surface area contributed by atoms with E-state index in [0.29, 0.717) is 17.8 Å². The van der Waals surface area contributed by atoms with Gasteiger partial charge in [-0.25, -0.2) is 9.97 Å². The molecule has 4 aliphatic rings. The Kier molecular flexibility index (Phi) is 6.24. The van der Waals surface area contributed by atoms with Gasteiger partial charge in [0, 0.05) is 11.6 Å². The van der Waals surface area contributed by atoms with Crippen molar-refractivity contribution in [2.75, 3.05) is 5.73 Å². The largest absolute Gasteiger partial charge is 0.393 e. The highest BCUT2D eigenvalue weighted by Crippen LogP contribution is 2.75. The topological polar surface area (TPSA) is 92.3 Å². The van der Waals surface area contributed by atoms with E-state index in [1.165, 1.54) is 24.0 Å². The summed E-state index contributed by atoms with van der Waals surface area (Å²) in [4.78, 5) is 9.14. The average molecular weight is 510 g/mol. The SMILES string of the molecule is CC(C)=CCC[C@](C)(O)[C@H]1CC[C@]2(C)[C@@H]1[C@H](O)C[C@@H]1[C@@]3(C)Cc4cnc(N)nc4C(C)(C)[C@@H]3CC[C@]12C. The predicted octanol–water partition coefficient (Wildman–Crippen LogP) is 6.23. The third-order valence-corrected chi connectivity index (χ3v) is 12.6. The van der Waals surface area contributed by atoms with E-state index in [9.17, 15) is 10.2 Å². The van der Waals surface area contributed by atoms with Crippen molar-refractivity contribution in [1.82, 2.24) is 9.97 Å². The van der Waals surface area contributed by atoms with Gasteiger partial charge in [-0.2, -0.15) is 0 Å². The van der Waals surface area contributed by atoms with Gasteiger partial charge in [0.05, 0.1) is 17.4 Å². The van der Waals surface area contributed by atoms with Crippen molar-refractivity contribution in [2.45, 2.75) is 124 Å². The molecule has 0 bridgehead atoms. The quantitative estimate of drug-likeness (QED) is 0.419. The fourth-order valence-electron chi connectivity index (χ4n) is 10.8. The van der Waals surface area contributed by atoms with E-state index in [0.717, 1.165) is 44.2 Å². The number of nitrogens with two attached hydrogens (primary N) is 1. The van der Waals surface area contributed by atoms with Gasteiger partial charge in [-0.1, -0.05) is 46.3 Å². The summed E-state index contributed by atoms with van der Waals surface area (Å²) in [6.45, 7) is 18.5. The van der Waals surface area contributed by atoms with Crippen LogP contribution in [0.3, 0.4) is 0 Å². The number of anilines is 1. The fraction of sp³-hybridized carbons (Fsp3) is 0.812. The molecule has 1 heterocycles. The average Bonchev–Trinajstić information content (AvgIpc) is 3.16. The lowest BCUT2D eigenvalue weighted by molar-refractivity contribution is -0.223. The zero-order valence-corrected chi connectivity index (χ0v) is 24.6. The molecule has 4 N–H and O–H groups in total. The predicted molar refractivity (Wildman–Crippen MR) is 150 cm³/mol. The van der Waals surface area contributed by atoms with Crippen LogP contribution in [0.15, 0.2) is 17.8 Å². The minimum absolute atomic E-state index is 0.0104. The van der Waals surface area contributed by atoms with Crippen LogP contribution in [0.2, 0.25) is 0 Å². The van der Waals surface area contributed by atoms with Gasteiger partial charge in [0.1, 0.15) is 0 Å². The molecule has 0 spiro atoms. The molecule has 0 unspecified atom stereocenters. The Morgan fingerprint density at radius 1 is 1.11 bits per heavy atom. The second kappa shape index (κ2) is 8.52. The Morgan fingerprint density at radius 3 is 2.46 bits per heavy atom. The van der Waals surface area contributed by atoms with Crippen LogP contribution in [0.4, 0.5) is 5.95 Å². The summed E-state index contributed by atoms with van der Waals surface area (Å²) in [6.07, 6.45) is 11.7. The van der Waals surface area contributed by atoms with E-state index in [-0.39, 0.29) is 39.6 Å². The standard InChI is InChI=1S/C32H51N3O2/c1-19(2)10-9-13-32(8,37)21-11-14-31(7)25(21)22(36)16-24-29(5)17-20-18-34-27(33)35-26(20)28(3,4)23(29)12-15-30(24,31)6/h10,18,21-25,36-37H,9,11-17H2,1-8H3,(H2,33,34,35)/t21-,22+,23-,24+,25-,29-,30+,31+,32-/m0/s1. The number of nitrogens with zero attached hydrogens (tertiary/aromatic N) is 2. The summed E-state index contributed by atoms with van der Waals surface area (Å²) in [5.41, 5.74) is 9.04. The van der Waals surface area contributed by atoms with Gasteiger partial charge >= 0.3 is 0 Å². The number of fused-ring (bicyclic) bond motifs is 6. The van der Waals surface area contributed by atoms with Crippen molar-refractivity contribution in [2.24, 2.45) is 39.9 Å². The third kappa shape index (κ3) is 3.77. The monoisotopic (exact) mass is 509 g/mol. The number of nitrogen functional groups attached to an aromatic ring is 1. The van der Waals surface area contributed by atoms with Crippen molar-refractivity contribution in [3.63, 3.8) is 0 Å². The van der Waals surface area contributed by atoms with E-state index in [1.54, 1.807) is 0 Å². The number of allylic oxidation sites excluding steroid dienone is 2. The van der Waals surface area contributed by atoms with Gasteiger partial charge in [-0.15, -0.1) is 0 Å². The molecule has 5 nitrogen and oxygen atoms in total. The first-order chi connectivity index (χ1) is 17.1. The van der Waals surface area contributed by atoms with E-state index < -0.39 is 5.60 Å². The molecule has 0 saturated heterocycles. The van der Waals surface area contributed by atoms with Crippen molar-refractivity contribution in [3.8, 4) is 0 Å². The molecule has 0 radical (unpaired) electrons. The van der Waals surface area contributed by atoms with Crippen LogP contribution in [0.25, 0.3) is 0 Å². The Morgan fingerprint density at radius 2 is 1.78 bits per heavy atom. The molecule has 3 saturated carbocycles. The number of hydrogen-bond acceptors (Lipinski definition) is 5. The first-order valence-electron chi connectivity index (χ1n) is 14.7. The van der Waals surface area contributed by atoms with Crippen LogP contribution < -0.4 is 5.73 Å². The zero-order chi connectivity index (χ0) is 27.2. The summed E-state index contributed by atoms with van der Waals surface area (Å²) in [7, 11) is 0. The van der Waals surface area contributed by atoms with E-state index in [1.807, 2.05) is 13.1 Å².